The quantitative estimate of drug-likeness (QED) is 0.229. The number of nitrogens with zero attached hydrogens (tertiary/aromatic N) is 5. The Kier molecular flexibility index (Phi) is 6.73. The fourth-order valence-corrected chi connectivity index (χ4v) is 5.07. The van der Waals surface area contributed by atoms with E-state index in [1.54, 1.807) is 30.2 Å². The maximum absolute atomic E-state index is 5.94. The van der Waals surface area contributed by atoms with Crippen LogP contribution in [0.1, 0.15) is 23.6 Å². The average Bonchev–Trinajstić information content (AvgIpc) is 3.64. The van der Waals surface area contributed by atoms with Gasteiger partial charge in [0.1, 0.15) is 5.75 Å². The molecule has 0 amide bonds. The molecule has 0 aliphatic carbocycles. The van der Waals surface area contributed by atoms with E-state index in [0.717, 1.165) is 40.1 Å². The summed E-state index contributed by atoms with van der Waals surface area (Å²) in [6.45, 7) is 2.79. The van der Waals surface area contributed by atoms with E-state index in [2.05, 4.69) is 49.2 Å². The van der Waals surface area contributed by atoms with E-state index in [1.807, 2.05) is 54.8 Å². The van der Waals surface area contributed by atoms with E-state index >= 15 is 0 Å². The van der Waals surface area contributed by atoms with Gasteiger partial charge in [-0.15, -0.1) is 31.7 Å². The van der Waals surface area contributed by atoms with Crippen LogP contribution in [-0.2, 0) is 13.0 Å². The third kappa shape index (κ3) is 4.90. The molecule has 9 heteroatoms. The lowest BCUT2D eigenvalue weighted by atomic mass is 10.1. The minimum atomic E-state index is -0.0791. The minimum absolute atomic E-state index is 0.0791. The summed E-state index contributed by atoms with van der Waals surface area (Å²) in [5, 5.41) is 20.3. The van der Waals surface area contributed by atoms with Gasteiger partial charge in [-0.1, -0.05) is 48.2 Å². The standard InChI is InChI=1S/C25H23N5O2S2/c1-17(23-27-28-24(32-23)21-9-6-16-33-21)34-25-29-26-22(19-10-12-20(31-2)13-11-19)30(25)15-14-18-7-4-3-5-8-18/h3-13,16-17H,14-15H2,1-2H3/t17-/m0/s1. The van der Waals surface area contributed by atoms with Gasteiger partial charge in [0.05, 0.1) is 17.2 Å². The van der Waals surface area contributed by atoms with Gasteiger partial charge in [0.25, 0.3) is 5.89 Å². The maximum Gasteiger partial charge on any atom is 0.257 e. The lowest BCUT2D eigenvalue weighted by Crippen LogP contribution is -2.06. The van der Waals surface area contributed by atoms with Crippen molar-refractivity contribution in [2.45, 2.75) is 30.3 Å². The van der Waals surface area contributed by atoms with Gasteiger partial charge in [-0.3, -0.25) is 0 Å². The Morgan fingerprint density at radius 2 is 1.79 bits per heavy atom. The normalized spacial score (nSPS) is 12.1. The summed E-state index contributed by atoms with van der Waals surface area (Å²) >= 11 is 3.14. The van der Waals surface area contributed by atoms with Gasteiger partial charge in [-0.25, -0.2) is 0 Å². The Morgan fingerprint density at radius 1 is 0.971 bits per heavy atom. The molecule has 0 unspecified atom stereocenters. The number of aryl methyl sites for hydroxylation is 1. The summed E-state index contributed by atoms with van der Waals surface area (Å²) in [4.78, 5) is 0.962. The second kappa shape index (κ2) is 10.2. The molecule has 3 aromatic heterocycles. The number of rotatable bonds is 9. The molecule has 0 saturated carbocycles. The number of hydrogen-bond donors (Lipinski definition) is 0. The molecule has 0 aliphatic heterocycles. The van der Waals surface area contributed by atoms with Crippen molar-refractivity contribution in [2.75, 3.05) is 7.11 Å². The smallest absolute Gasteiger partial charge is 0.257 e. The van der Waals surface area contributed by atoms with Crippen LogP contribution in [0.5, 0.6) is 5.75 Å². The maximum atomic E-state index is 5.94. The van der Waals surface area contributed by atoms with Crippen molar-refractivity contribution in [3.8, 4) is 27.9 Å². The summed E-state index contributed by atoms with van der Waals surface area (Å²) in [5.74, 6) is 2.73. The topological polar surface area (TPSA) is 78.9 Å². The molecular formula is C25H23N5O2S2. The Labute approximate surface area is 205 Å². The van der Waals surface area contributed by atoms with Crippen molar-refractivity contribution in [1.82, 2.24) is 25.0 Å². The fraction of sp³-hybridized carbons (Fsp3) is 0.200. The van der Waals surface area contributed by atoms with E-state index in [0.29, 0.717) is 11.8 Å². The van der Waals surface area contributed by atoms with Gasteiger partial charge in [0.15, 0.2) is 11.0 Å². The van der Waals surface area contributed by atoms with Crippen molar-refractivity contribution >= 4 is 23.1 Å². The van der Waals surface area contributed by atoms with Crippen molar-refractivity contribution in [2.24, 2.45) is 0 Å². The first-order valence-corrected chi connectivity index (χ1v) is 12.6. The number of hydrogen-bond acceptors (Lipinski definition) is 8. The molecule has 0 bridgehead atoms. The minimum Gasteiger partial charge on any atom is -0.497 e. The summed E-state index contributed by atoms with van der Waals surface area (Å²) in [6.07, 6.45) is 0.868. The molecule has 0 aliphatic rings. The summed E-state index contributed by atoms with van der Waals surface area (Å²) in [7, 11) is 1.66. The first-order chi connectivity index (χ1) is 16.7. The highest BCUT2D eigenvalue weighted by atomic mass is 32.2. The average molecular weight is 490 g/mol. The Bertz CT molecular complexity index is 1330. The zero-order valence-corrected chi connectivity index (χ0v) is 20.4. The molecule has 0 saturated heterocycles. The van der Waals surface area contributed by atoms with Crippen LogP contribution in [0.4, 0.5) is 0 Å². The molecule has 0 radical (unpaired) electrons. The molecular weight excluding hydrogens is 466 g/mol. The van der Waals surface area contributed by atoms with Crippen LogP contribution in [0.15, 0.2) is 81.7 Å². The molecule has 2 aromatic carbocycles. The number of thioether (sulfide) groups is 1. The van der Waals surface area contributed by atoms with E-state index < -0.39 is 0 Å². The fourth-order valence-electron chi connectivity index (χ4n) is 3.52. The molecule has 0 fully saturated rings. The van der Waals surface area contributed by atoms with E-state index in [9.17, 15) is 0 Å². The van der Waals surface area contributed by atoms with Gasteiger partial charge in [0, 0.05) is 12.1 Å². The summed E-state index contributed by atoms with van der Waals surface area (Å²) in [5.41, 5.74) is 2.25. The van der Waals surface area contributed by atoms with Crippen LogP contribution in [0.3, 0.4) is 0 Å². The Hall–Kier alpha value is -3.43. The van der Waals surface area contributed by atoms with Gasteiger partial charge >= 0.3 is 0 Å². The van der Waals surface area contributed by atoms with Crippen LogP contribution in [0, 0.1) is 0 Å². The predicted molar refractivity (Wildman–Crippen MR) is 134 cm³/mol. The van der Waals surface area contributed by atoms with Gasteiger partial charge in [-0.2, -0.15) is 0 Å². The largest absolute Gasteiger partial charge is 0.497 e. The van der Waals surface area contributed by atoms with Crippen molar-refractivity contribution < 1.29 is 9.15 Å². The molecule has 5 rings (SSSR count). The third-order valence-electron chi connectivity index (χ3n) is 5.33. The van der Waals surface area contributed by atoms with Crippen LogP contribution in [0.25, 0.3) is 22.2 Å². The number of benzene rings is 2. The van der Waals surface area contributed by atoms with Crippen molar-refractivity contribution in [3.63, 3.8) is 0 Å². The highest BCUT2D eigenvalue weighted by Gasteiger charge is 2.22. The highest BCUT2D eigenvalue weighted by Crippen LogP contribution is 2.36. The molecule has 5 aromatic rings. The monoisotopic (exact) mass is 489 g/mol. The Balaban J connectivity index is 1.41. The van der Waals surface area contributed by atoms with Gasteiger partial charge < -0.3 is 13.7 Å². The van der Waals surface area contributed by atoms with Crippen LogP contribution in [-0.4, -0.2) is 32.1 Å². The lowest BCUT2D eigenvalue weighted by molar-refractivity contribution is 0.415. The summed E-state index contributed by atoms with van der Waals surface area (Å²) < 4.78 is 13.4. The second-order valence-corrected chi connectivity index (χ2v) is 9.86. The van der Waals surface area contributed by atoms with Gasteiger partial charge in [0.2, 0.25) is 5.89 Å². The molecule has 7 nitrogen and oxygen atoms in total. The molecule has 1 atom stereocenters. The highest BCUT2D eigenvalue weighted by molar-refractivity contribution is 7.99. The molecule has 0 spiro atoms. The molecule has 3 heterocycles. The van der Waals surface area contributed by atoms with Crippen molar-refractivity contribution in [1.29, 1.82) is 0 Å². The van der Waals surface area contributed by atoms with E-state index in [4.69, 9.17) is 9.15 Å². The first kappa shape index (κ1) is 22.4. The summed E-state index contributed by atoms with van der Waals surface area (Å²) in [6, 6.07) is 22.2. The first-order valence-electron chi connectivity index (χ1n) is 10.9. The number of aromatic nitrogens is 5. The number of thiophene rings is 1. The number of ether oxygens (including phenoxy) is 1. The van der Waals surface area contributed by atoms with Gasteiger partial charge in [-0.05, 0) is 54.6 Å². The molecule has 172 valence electrons. The number of methoxy groups -OCH3 is 1. The SMILES string of the molecule is COc1ccc(-c2nnc(S[C@@H](C)c3nnc(-c4cccs4)o3)n2CCc2ccccc2)cc1. The van der Waals surface area contributed by atoms with Crippen LogP contribution in [0.2, 0.25) is 0 Å². The second-order valence-electron chi connectivity index (χ2n) is 7.60. The molecule has 34 heavy (non-hydrogen) atoms. The van der Waals surface area contributed by atoms with Crippen LogP contribution < -0.4 is 4.74 Å². The zero-order chi connectivity index (χ0) is 23.3. The zero-order valence-electron chi connectivity index (χ0n) is 18.8. The van der Waals surface area contributed by atoms with Crippen LogP contribution >= 0.6 is 23.1 Å². The molecule has 0 N–H and O–H groups in total. The van der Waals surface area contributed by atoms with E-state index in [-0.39, 0.29) is 5.25 Å². The lowest BCUT2D eigenvalue weighted by Gasteiger charge is -2.12. The van der Waals surface area contributed by atoms with Crippen molar-refractivity contribution in [3.05, 3.63) is 83.6 Å². The Morgan fingerprint density at radius 3 is 2.53 bits per heavy atom. The third-order valence-corrected chi connectivity index (χ3v) is 7.26. The van der Waals surface area contributed by atoms with E-state index in [1.165, 1.54) is 5.56 Å². The predicted octanol–water partition coefficient (Wildman–Crippen LogP) is 6.16.